The van der Waals surface area contributed by atoms with Crippen molar-refractivity contribution in [2.24, 2.45) is 0 Å². The van der Waals surface area contributed by atoms with Crippen molar-refractivity contribution in [1.29, 1.82) is 0 Å². The topological polar surface area (TPSA) is 53.0 Å². The van der Waals surface area contributed by atoms with Crippen LogP contribution in [-0.4, -0.2) is 65.7 Å². The van der Waals surface area contributed by atoms with Crippen LogP contribution in [0.4, 0.5) is 4.39 Å². The van der Waals surface area contributed by atoms with E-state index < -0.39 is 0 Å². The fourth-order valence-corrected chi connectivity index (χ4v) is 3.53. The van der Waals surface area contributed by atoms with Crippen molar-refractivity contribution in [3.05, 3.63) is 71.5 Å². The van der Waals surface area contributed by atoms with Crippen molar-refractivity contribution in [1.82, 2.24) is 9.80 Å². The zero-order valence-electron chi connectivity index (χ0n) is 16.8. The number of rotatable bonds is 8. The number of ether oxygens (including phenoxy) is 1. The van der Waals surface area contributed by atoms with E-state index in [0.717, 1.165) is 12.0 Å². The van der Waals surface area contributed by atoms with Crippen LogP contribution in [0.25, 0.3) is 0 Å². The van der Waals surface area contributed by atoms with Gasteiger partial charge in [-0.15, -0.1) is 0 Å². The van der Waals surface area contributed by atoms with Crippen LogP contribution in [0, 0.1) is 5.82 Å². The highest BCUT2D eigenvalue weighted by atomic mass is 19.1. The molecule has 1 amide bonds. The first-order valence-corrected chi connectivity index (χ1v) is 10.1. The SMILES string of the molecule is C[C@H](CO)N1CC(=O)N(CCc2ccccc2)C[C@@H](OCc2cccc(F)c2)C1. The molecule has 0 saturated carbocycles. The second kappa shape index (κ2) is 10.5. The van der Waals surface area contributed by atoms with Gasteiger partial charge in [-0.1, -0.05) is 42.5 Å². The van der Waals surface area contributed by atoms with E-state index in [0.29, 0.717) is 19.6 Å². The lowest BCUT2D eigenvalue weighted by Crippen LogP contribution is -2.42. The molecule has 0 radical (unpaired) electrons. The number of nitrogens with zero attached hydrogens (tertiary/aromatic N) is 2. The average Bonchev–Trinajstić information content (AvgIpc) is 2.89. The minimum absolute atomic E-state index is 0.0199. The molecule has 1 aliphatic heterocycles. The van der Waals surface area contributed by atoms with E-state index >= 15 is 0 Å². The third kappa shape index (κ3) is 6.35. The Morgan fingerprint density at radius 2 is 1.90 bits per heavy atom. The van der Waals surface area contributed by atoms with E-state index in [4.69, 9.17) is 4.74 Å². The predicted octanol–water partition coefficient (Wildman–Crippen LogP) is 2.48. The van der Waals surface area contributed by atoms with Crippen LogP contribution in [0.1, 0.15) is 18.1 Å². The molecule has 2 aromatic carbocycles. The zero-order valence-corrected chi connectivity index (χ0v) is 16.8. The number of carbonyl (C=O) groups is 1. The van der Waals surface area contributed by atoms with Crippen molar-refractivity contribution in [2.75, 3.05) is 32.8 Å². The van der Waals surface area contributed by atoms with Crippen LogP contribution in [0.2, 0.25) is 0 Å². The van der Waals surface area contributed by atoms with Crippen LogP contribution < -0.4 is 0 Å². The Morgan fingerprint density at radius 1 is 1.14 bits per heavy atom. The molecule has 1 saturated heterocycles. The highest BCUT2D eigenvalue weighted by Crippen LogP contribution is 2.15. The fraction of sp³-hybridized carbons (Fsp3) is 0.435. The number of benzene rings is 2. The molecule has 6 heteroatoms. The third-order valence-corrected chi connectivity index (χ3v) is 5.33. The molecule has 3 rings (SSSR count). The van der Waals surface area contributed by atoms with E-state index in [-0.39, 0.29) is 43.6 Å². The average molecular weight is 400 g/mol. The number of halogens is 1. The summed E-state index contributed by atoms with van der Waals surface area (Å²) in [6.07, 6.45) is 0.563. The molecule has 1 N–H and O–H groups in total. The maximum absolute atomic E-state index is 13.4. The smallest absolute Gasteiger partial charge is 0.236 e. The molecular formula is C23H29FN2O3. The first-order chi connectivity index (χ1) is 14.0. The molecule has 1 fully saturated rings. The van der Waals surface area contributed by atoms with Gasteiger partial charge in [-0.2, -0.15) is 0 Å². The number of carbonyl (C=O) groups excluding carboxylic acids is 1. The summed E-state index contributed by atoms with van der Waals surface area (Å²) in [5.74, 6) is -0.250. The van der Waals surface area contributed by atoms with Gasteiger partial charge in [-0.05, 0) is 36.6 Å². The van der Waals surface area contributed by atoms with Crippen LogP contribution in [0.15, 0.2) is 54.6 Å². The standard InChI is InChI=1S/C23H29FN2O3/c1-18(16-27)26-14-22(29-17-20-8-5-9-21(24)12-20)13-25(23(28)15-26)11-10-19-6-3-2-4-7-19/h2-9,12,18,22,27H,10-11,13-17H2,1H3/t18-,22-/m1/s1. The molecule has 156 valence electrons. The van der Waals surface area contributed by atoms with Gasteiger partial charge in [0, 0.05) is 25.7 Å². The zero-order chi connectivity index (χ0) is 20.6. The summed E-state index contributed by atoms with van der Waals surface area (Å²) in [5, 5.41) is 9.56. The molecule has 0 unspecified atom stereocenters. The Morgan fingerprint density at radius 3 is 2.62 bits per heavy atom. The Balaban J connectivity index is 1.67. The minimum Gasteiger partial charge on any atom is -0.395 e. The Kier molecular flexibility index (Phi) is 7.75. The van der Waals surface area contributed by atoms with Crippen LogP contribution in [0.3, 0.4) is 0 Å². The van der Waals surface area contributed by atoms with Gasteiger partial charge in [0.1, 0.15) is 5.82 Å². The van der Waals surface area contributed by atoms with E-state index in [2.05, 4.69) is 12.1 Å². The van der Waals surface area contributed by atoms with Gasteiger partial charge >= 0.3 is 0 Å². The number of aliphatic hydroxyl groups is 1. The van der Waals surface area contributed by atoms with Crippen molar-refractivity contribution >= 4 is 5.91 Å². The molecule has 2 aromatic rings. The third-order valence-electron chi connectivity index (χ3n) is 5.33. The fourth-order valence-electron chi connectivity index (χ4n) is 3.53. The van der Waals surface area contributed by atoms with Crippen molar-refractivity contribution in [3.63, 3.8) is 0 Å². The predicted molar refractivity (Wildman–Crippen MR) is 110 cm³/mol. The van der Waals surface area contributed by atoms with E-state index in [1.807, 2.05) is 41.0 Å². The Bertz CT molecular complexity index is 787. The normalized spacial score (nSPS) is 19.2. The monoisotopic (exact) mass is 400 g/mol. The van der Waals surface area contributed by atoms with Gasteiger partial charge in [-0.25, -0.2) is 4.39 Å². The molecule has 29 heavy (non-hydrogen) atoms. The minimum atomic E-state index is -0.290. The molecule has 1 aliphatic rings. The molecule has 0 spiro atoms. The molecule has 1 heterocycles. The molecule has 5 nitrogen and oxygen atoms in total. The largest absolute Gasteiger partial charge is 0.395 e. The first kappa shape index (κ1) is 21.4. The van der Waals surface area contributed by atoms with E-state index in [9.17, 15) is 14.3 Å². The summed E-state index contributed by atoms with van der Waals surface area (Å²) in [7, 11) is 0. The second-order valence-corrected chi connectivity index (χ2v) is 7.60. The Labute approximate surface area is 171 Å². The van der Waals surface area contributed by atoms with Crippen molar-refractivity contribution < 1.29 is 19.0 Å². The van der Waals surface area contributed by atoms with Gasteiger partial charge in [0.25, 0.3) is 0 Å². The molecule has 0 bridgehead atoms. The quantitative estimate of drug-likeness (QED) is 0.740. The van der Waals surface area contributed by atoms with E-state index in [1.165, 1.54) is 17.7 Å². The lowest BCUT2D eigenvalue weighted by molar-refractivity contribution is -0.132. The van der Waals surface area contributed by atoms with Gasteiger partial charge in [0.15, 0.2) is 0 Å². The summed E-state index contributed by atoms with van der Waals surface area (Å²) in [4.78, 5) is 16.6. The maximum atomic E-state index is 13.4. The lowest BCUT2D eigenvalue weighted by Gasteiger charge is -2.27. The highest BCUT2D eigenvalue weighted by Gasteiger charge is 2.30. The van der Waals surface area contributed by atoms with Crippen LogP contribution in [0.5, 0.6) is 0 Å². The van der Waals surface area contributed by atoms with Gasteiger partial charge in [-0.3, -0.25) is 9.69 Å². The summed E-state index contributed by atoms with van der Waals surface area (Å²) < 4.78 is 19.5. The number of amides is 1. The summed E-state index contributed by atoms with van der Waals surface area (Å²) >= 11 is 0. The Hall–Kier alpha value is -2.28. The van der Waals surface area contributed by atoms with Crippen molar-refractivity contribution in [3.8, 4) is 0 Å². The molecule has 2 atom stereocenters. The molecular weight excluding hydrogens is 371 g/mol. The lowest BCUT2D eigenvalue weighted by atomic mass is 10.1. The van der Waals surface area contributed by atoms with Crippen LogP contribution in [-0.2, 0) is 22.6 Å². The van der Waals surface area contributed by atoms with Gasteiger partial charge in [0.2, 0.25) is 5.91 Å². The van der Waals surface area contributed by atoms with E-state index in [1.54, 1.807) is 6.07 Å². The van der Waals surface area contributed by atoms with Crippen LogP contribution >= 0.6 is 0 Å². The second-order valence-electron chi connectivity index (χ2n) is 7.60. The maximum Gasteiger partial charge on any atom is 0.236 e. The summed E-state index contributed by atoms with van der Waals surface area (Å²) in [6.45, 7) is 4.07. The van der Waals surface area contributed by atoms with Gasteiger partial charge in [0.05, 0.1) is 25.9 Å². The number of aliphatic hydroxyl groups excluding tert-OH is 1. The number of hydrogen-bond acceptors (Lipinski definition) is 4. The summed E-state index contributed by atoms with van der Waals surface area (Å²) in [6, 6.07) is 16.3. The number of hydrogen-bond donors (Lipinski definition) is 1. The van der Waals surface area contributed by atoms with Gasteiger partial charge < -0.3 is 14.7 Å². The first-order valence-electron chi connectivity index (χ1n) is 10.1. The van der Waals surface area contributed by atoms with Crippen molar-refractivity contribution in [2.45, 2.75) is 32.1 Å². The molecule has 0 aliphatic carbocycles. The summed E-state index contributed by atoms with van der Waals surface area (Å²) in [5.41, 5.74) is 1.94. The molecule has 0 aromatic heterocycles. The highest BCUT2D eigenvalue weighted by molar-refractivity contribution is 5.78.